The molecule has 2 aromatic carbocycles. The van der Waals surface area contributed by atoms with E-state index in [-0.39, 0.29) is 12.4 Å². The van der Waals surface area contributed by atoms with E-state index in [4.69, 9.17) is 4.74 Å². The molecule has 0 fully saturated rings. The van der Waals surface area contributed by atoms with Gasteiger partial charge in [-0.25, -0.2) is 4.98 Å². The molecule has 0 atom stereocenters. The number of nitrogens with zero attached hydrogens (tertiary/aromatic N) is 1. The van der Waals surface area contributed by atoms with Crippen molar-refractivity contribution in [2.24, 2.45) is 0 Å². The van der Waals surface area contributed by atoms with Crippen LogP contribution in [0.5, 0.6) is 11.5 Å². The highest BCUT2D eigenvalue weighted by molar-refractivity contribution is 7.98. The van der Waals surface area contributed by atoms with E-state index in [1.54, 1.807) is 11.8 Å². The zero-order valence-corrected chi connectivity index (χ0v) is 13.5. The van der Waals surface area contributed by atoms with Crippen LogP contribution in [0, 0.1) is 0 Å². The molecule has 2 nitrogen and oxygen atoms in total. The molecule has 3 rings (SSSR count). The van der Waals surface area contributed by atoms with Crippen LogP contribution in [-0.4, -0.2) is 4.98 Å². The van der Waals surface area contributed by atoms with Gasteiger partial charge < -0.3 is 4.74 Å². The van der Waals surface area contributed by atoms with Gasteiger partial charge in [-0.2, -0.15) is 0 Å². The molecule has 4 heteroatoms. The lowest BCUT2D eigenvalue weighted by atomic mass is 10.2. The molecule has 112 valence electrons. The quantitative estimate of drug-likeness (QED) is 0.570. The molecule has 22 heavy (non-hydrogen) atoms. The van der Waals surface area contributed by atoms with Crippen LogP contribution >= 0.6 is 24.2 Å². The summed E-state index contributed by atoms with van der Waals surface area (Å²) in [6.07, 6.45) is 1.82. The summed E-state index contributed by atoms with van der Waals surface area (Å²) in [4.78, 5) is 4.32. The van der Waals surface area contributed by atoms with Crippen LogP contribution in [0.4, 0.5) is 0 Å². The zero-order valence-electron chi connectivity index (χ0n) is 11.9. The number of pyridine rings is 1. The van der Waals surface area contributed by atoms with Crippen molar-refractivity contribution in [2.75, 3.05) is 0 Å². The molecule has 0 aliphatic rings. The molecule has 1 heterocycles. The summed E-state index contributed by atoms with van der Waals surface area (Å²) >= 11 is 1.72. The van der Waals surface area contributed by atoms with E-state index >= 15 is 0 Å². The van der Waals surface area contributed by atoms with Gasteiger partial charge in [0.05, 0.1) is 5.03 Å². The maximum absolute atomic E-state index is 5.85. The fraction of sp³-hybridized carbons (Fsp3) is 0.0556. The summed E-state index contributed by atoms with van der Waals surface area (Å²) in [5, 5.41) is 1.03. The van der Waals surface area contributed by atoms with E-state index in [0.717, 1.165) is 22.3 Å². The average Bonchev–Trinajstić information content (AvgIpc) is 2.55. The Bertz CT molecular complexity index is 692. The van der Waals surface area contributed by atoms with Gasteiger partial charge in [-0.1, -0.05) is 36.4 Å². The van der Waals surface area contributed by atoms with Gasteiger partial charge in [0, 0.05) is 11.9 Å². The van der Waals surface area contributed by atoms with Crippen LogP contribution in [0.3, 0.4) is 0 Å². The monoisotopic (exact) mass is 329 g/mol. The third kappa shape index (κ3) is 4.79. The van der Waals surface area contributed by atoms with Crippen molar-refractivity contribution < 1.29 is 4.74 Å². The minimum absolute atomic E-state index is 0. The molecule has 0 saturated heterocycles. The molecule has 1 aromatic heterocycles. The Labute approximate surface area is 141 Å². The topological polar surface area (TPSA) is 22.1 Å². The fourth-order valence-electron chi connectivity index (χ4n) is 1.91. The first-order valence-electron chi connectivity index (χ1n) is 6.76. The Morgan fingerprint density at radius 1 is 0.818 bits per heavy atom. The molecule has 0 bridgehead atoms. The molecule has 0 saturated carbocycles. The first-order valence-corrected chi connectivity index (χ1v) is 7.74. The second-order valence-corrected chi connectivity index (χ2v) is 5.51. The normalized spacial score (nSPS) is 9.82. The first-order chi connectivity index (χ1) is 10.4. The van der Waals surface area contributed by atoms with E-state index < -0.39 is 0 Å². The summed E-state index contributed by atoms with van der Waals surface area (Å²) in [7, 11) is 0. The number of hydrogen-bond acceptors (Lipinski definition) is 3. The number of thioether (sulfide) groups is 1. The molecule has 0 radical (unpaired) electrons. The average molecular weight is 330 g/mol. The van der Waals surface area contributed by atoms with E-state index in [1.165, 1.54) is 5.56 Å². The lowest BCUT2D eigenvalue weighted by Gasteiger charge is -2.07. The third-order valence-electron chi connectivity index (χ3n) is 2.90. The second kappa shape index (κ2) is 8.47. The lowest BCUT2D eigenvalue weighted by molar-refractivity contribution is 0.482. The number of para-hydroxylation sites is 1. The van der Waals surface area contributed by atoms with Crippen molar-refractivity contribution in [1.29, 1.82) is 0 Å². The largest absolute Gasteiger partial charge is 0.457 e. The van der Waals surface area contributed by atoms with Gasteiger partial charge in [0.25, 0.3) is 0 Å². The zero-order chi connectivity index (χ0) is 14.3. The van der Waals surface area contributed by atoms with E-state index in [9.17, 15) is 0 Å². The van der Waals surface area contributed by atoms with E-state index in [2.05, 4.69) is 17.1 Å². The maximum atomic E-state index is 5.85. The standard InChI is InChI=1S/C18H15NOS.ClH/c1-2-8-16(9-3-1)20-17-10-6-7-15(13-17)14-21-18-11-4-5-12-19-18;/h1-13H,14H2;1H. The molecule has 0 N–H and O–H groups in total. The summed E-state index contributed by atoms with van der Waals surface area (Å²) in [6, 6.07) is 24.0. The van der Waals surface area contributed by atoms with E-state index in [0.29, 0.717) is 0 Å². The molecule has 0 amide bonds. The molecule has 0 aliphatic carbocycles. The lowest BCUT2D eigenvalue weighted by Crippen LogP contribution is -1.87. The minimum Gasteiger partial charge on any atom is -0.457 e. The van der Waals surface area contributed by atoms with Crippen LogP contribution in [0.2, 0.25) is 0 Å². The van der Waals surface area contributed by atoms with Crippen LogP contribution in [0.15, 0.2) is 84.0 Å². The molecular formula is C18H16ClNOS. The summed E-state index contributed by atoms with van der Waals surface area (Å²) in [5.41, 5.74) is 1.22. The van der Waals surface area contributed by atoms with Crippen LogP contribution < -0.4 is 4.74 Å². The molecule has 0 aliphatic heterocycles. The van der Waals surface area contributed by atoms with Crippen LogP contribution in [0.1, 0.15) is 5.56 Å². The van der Waals surface area contributed by atoms with Crippen molar-refractivity contribution in [3.63, 3.8) is 0 Å². The van der Waals surface area contributed by atoms with Crippen molar-refractivity contribution >= 4 is 24.2 Å². The van der Waals surface area contributed by atoms with E-state index in [1.807, 2.05) is 66.9 Å². The minimum atomic E-state index is 0. The Kier molecular flexibility index (Phi) is 6.31. The molecule has 0 spiro atoms. The Hall–Kier alpha value is -1.97. The smallest absolute Gasteiger partial charge is 0.127 e. The number of ether oxygens (including phenoxy) is 1. The highest BCUT2D eigenvalue weighted by Gasteiger charge is 2.00. The second-order valence-electron chi connectivity index (χ2n) is 4.52. The highest BCUT2D eigenvalue weighted by atomic mass is 35.5. The summed E-state index contributed by atoms with van der Waals surface area (Å²) in [6.45, 7) is 0. The SMILES string of the molecule is Cl.c1ccc(Oc2cccc(CSc3ccccn3)c2)cc1. The Morgan fingerprint density at radius 3 is 2.36 bits per heavy atom. The number of halogens is 1. The highest BCUT2D eigenvalue weighted by Crippen LogP contribution is 2.25. The fourth-order valence-corrected chi connectivity index (χ4v) is 2.72. The Morgan fingerprint density at radius 2 is 1.59 bits per heavy atom. The number of rotatable bonds is 5. The van der Waals surface area contributed by atoms with Crippen molar-refractivity contribution in [2.45, 2.75) is 10.8 Å². The maximum Gasteiger partial charge on any atom is 0.127 e. The van der Waals surface area contributed by atoms with Crippen LogP contribution in [0.25, 0.3) is 0 Å². The van der Waals surface area contributed by atoms with Crippen molar-refractivity contribution in [3.05, 3.63) is 84.6 Å². The van der Waals surface area contributed by atoms with Crippen molar-refractivity contribution in [3.8, 4) is 11.5 Å². The predicted molar refractivity (Wildman–Crippen MR) is 94.0 cm³/mol. The molecule has 3 aromatic rings. The number of hydrogen-bond donors (Lipinski definition) is 0. The summed E-state index contributed by atoms with van der Waals surface area (Å²) < 4.78 is 5.85. The third-order valence-corrected chi connectivity index (χ3v) is 3.92. The van der Waals surface area contributed by atoms with Gasteiger partial charge in [-0.3, -0.25) is 0 Å². The summed E-state index contributed by atoms with van der Waals surface area (Å²) in [5.74, 6) is 2.59. The molecule has 0 unspecified atom stereocenters. The number of aromatic nitrogens is 1. The van der Waals surface area contributed by atoms with Gasteiger partial charge in [-0.15, -0.1) is 24.2 Å². The number of benzene rings is 2. The van der Waals surface area contributed by atoms with Gasteiger partial charge >= 0.3 is 0 Å². The first kappa shape index (κ1) is 16.4. The molecular weight excluding hydrogens is 314 g/mol. The van der Waals surface area contributed by atoms with Gasteiger partial charge in [0.1, 0.15) is 11.5 Å². The predicted octanol–water partition coefficient (Wildman–Crippen LogP) is 5.59. The van der Waals surface area contributed by atoms with Gasteiger partial charge in [-0.05, 0) is 42.0 Å². The van der Waals surface area contributed by atoms with Gasteiger partial charge in [0.2, 0.25) is 0 Å². The van der Waals surface area contributed by atoms with Crippen LogP contribution in [-0.2, 0) is 5.75 Å². The Balaban J connectivity index is 0.00000176. The van der Waals surface area contributed by atoms with Gasteiger partial charge in [0.15, 0.2) is 0 Å². The van der Waals surface area contributed by atoms with Crippen molar-refractivity contribution in [1.82, 2.24) is 4.98 Å².